The molecule has 1 aromatic heterocycles. The summed E-state index contributed by atoms with van der Waals surface area (Å²) in [6, 6.07) is -0.419. The average Bonchev–Trinajstić information content (AvgIpc) is 2.72. The van der Waals surface area contributed by atoms with Gasteiger partial charge in [-0.05, 0) is 63.2 Å². The second-order valence-corrected chi connectivity index (χ2v) is 7.48. The molecular formula is C16H22N2O2. The maximum Gasteiger partial charge on any atom is 0.327 e. The topological polar surface area (TPSA) is 55.1 Å². The van der Waals surface area contributed by atoms with Gasteiger partial charge in [0.15, 0.2) is 0 Å². The highest BCUT2D eigenvalue weighted by atomic mass is 16.4. The Morgan fingerprint density at radius 2 is 1.85 bits per heavy atom. The van der Waals surface area contributed by atoms with E-state index < -0.39 is 12.0 Å². The Morgan fingerprint density at radius 3 is 2.25 bits per heavy atom. The Hall–Kier alpha value is -1.32. The molecule has 5 rings (SSSR count). The summed E-state index contributed by atoms with van der Waals surface area (Å²) in [7, 11) is 0. The van der Waals surface area contributed by atoms with Crippen molar-refractivity contribution < 1.29 is 9.90 Å². The molecule has 4 heteroatoms. The monoisotopic (exact) mass is 274 g/mol. The first-order valence-corrected chi connectivity index (χ1v) is 7.79. The highest BCUT2D eigenvalue weighted by molar-refractivity contribution is 5.73. The summed E-state index contributed by atoms with van der Waals surface area (Å²) in [4.78, 5) is 16.2. The molecule has 4 fully saturated rings. The van der Waals surface area contributed by atoms with Gasteiger partial charge >= 0.3 is 5.97 Å². The highest BCUT2D eigenvalue weighted by Crippen LogP contribution is 2.63. The lowest BCUT2D eigenvalue weighted by atomic mass is 9.47. The van der Waals surface area contributed by atoms with Crippen LogP contribution in [-0.4, -0.2) is 20.6 Å². The van der Waals surface area contributed by atoms with Crippen molar-refractivity contribution in [2.24, 2.45) is 23.2 Å². The van der Waals surface area contributed by atoms with Crippen molar-refractivity contribution >= 4 is 5.97 Å². The van der Waals surface area contributed by atoms with E-state index in [4.69, 9.17) is 0 Å². The van der Waals surface area contributed by atoms with Gasteiger partial charge in [0, 0.05) is 11.6 Å². The second-order valence-electron chi connectivity index (χ2n) is 7.48. The Morgan fingerprint density at radius 1 is 1.30 bits per heavy atom. The number of carbonyl (C=O) groups is 1. The zero-order valence-corrected chi connectivity index (χ0v) is 12.0. The quantitative estimate of drug-likeness (QED) is 0.921. The number of carboxylic acids is 1. The summed E-state index contributed by atoms with van der Waals surface area (Å²) in [5.74, 6) is 1.64. The van der Waals surface area contributed by atoms with Gasteiger partial charge in [-0.1, -0.05) is 0 Å². The third-order valence-corrected chi connectivity index (χ3v) is 5.93. The molecule has 0 radical (unpaired) electrons. The molecule has 1 heterocycles. The van der Waals surface area contributed by atoms with Crippen LogP contribution in [0.5, 0.6) is 0 Å². The van der Waals surface area contributed by atoms with Crippen molar-refractivity contribution in [3.8, 4) is 0 Å². The number of aryl methyl sites for hydroxylation is 1. The van der Waals surface area contributed by atoms with Crippen molar-refractivity contribution in [2.75, 3.05) is 0 Å². The van der Waals surface area contributed by atoms with Crippen molar-refractivity contribution in [3.63, 3.8) is 0 Å². The first kappa shape index (κ1) is 12.4. The van der Waals surface area contributed by atoms with Crippen molar-refractivity contribution in [2.45, 2.75) is 51.5 Å². The normalized spacial score (nSPS) is 40.0. The Bertz CT molecular complexity index is 513. The smallest absolute Gasteiger partial charge is 0.327 e. The molecule has 0 amide bonds. The molecule has 1 aromatic rings. The van der Waals surface area contributed by atoms with Gasteiger partial charge in [-0.3, -0.25) is 0 Å². The van der Waals surface area contributed by atoms with E-state index in [2.05, 4.69) is 4.98 Å². The third kappa shape index (κ3) is 1.73. The number of rotatable bonds is 3. The number of hydrogen-bond donors (Lipinski definition) is 1. The molecule has 4 bridgehead atoms. The molecule has 20 heavy (non-hydrogen) atoms. The Labute approximate surface area is 119 Å². The average molecular weight is 274 g/mol. The summed E-state index contributed by atoms with van der Waals surface area (Å²) in [5.41, 5.74) is 0.884. The van der Waals surface area contributed by atoms with Crippen LogP contribution in [0.2, 0.25) is 0 Å². The summed E-state index contributed by atoms with van der Waals surface area (Å²) >= 11 is 0. The van der Waals surface area contributed by atoms with E-state index in [9.17, 15) is 9.90 Å². The fraction of sp³-hybridized carbons (Fsp3) is 0.750. The lowest BCUT2D eigenvalue weighted by Gasteiger charge is -2.58. The zero-order valence-electron chi connectivity index (χ0n) is 12.0. The lowest BCUT2D eigenvalue weighted by Crippen LogP contribution is -2.51. The van der Waals surface area contributed by atoms with E-state index in [1.807, 2.05) is 17.7 Å². The number of aromatic nitrogens is 2. The molecule has 0 aromatic carbocycles. The molecule has 1 atom stereocenters. The molecular weight excluding hydrogens is 252 g/mol. The van der Waals surface area contributed by atoms with Gasteiger partial charge in [-0.15, -0.1) is 0 Å². The summed E-state index contributed by atoms with van der Waals surface area (Å²) in [5, 5.41) is 9.85. The van der Waals surface area contributed by atoms with Crippen LogP contribution in [0.15, 0.2) is 12.5 Å². The van der Waals surface area contributed by atoms with E-state index in [1.54, 1.807) is 6.33 Å². The minimum atomic E-state index is -0.677. The third-order valence-electron chi connectivity index (χ3n) is 5.93. The SMILES string of the molecule is Cc1cn(C(C(=O)O)C23CC4CC(CC(C4)C2)C3)cn1. The van der Waals surface area contributed by atoms with E-state index in [1.165, 1.54) is 19.3 Å². The van der Waals surface area contributed by atoms with Gasteiger partial charge in [0.05, 0.1) is 12.0 Å². The van der Waals surface area contributed by atoms with Crippen molar-refractivity contribution in [3.05, 3.63) is 18.2 Å². The maximum absolute atomic E-state index is 12.0. The maximum atomic E-state index is 12.0. The number of nitrogens with zero attached hydrogens (tertiary/aromatic N) is 2. The fourth-order valence-electron chi connectivity index (χ4n) is 5.80. The molecule has 1 unspecified atom stereocenters. The molecule has 4 aliphatic rings. The van der Waals surface area contributed by atoms with Gasteiger partial charge in [0.1, 0.15) is 6.04 Å². The predicted octanol–water partition coefficient (Wildman–Crippen LogP) is 3.03. The second kappa shape index (κ2) is 4.09. The largest absolute Gasteiger partial charge is 0.480 e. The minimum absolute atomic E-state index is 0.0201. The fourth-order valence-corrected chi connectivity index (χ4v) is 5.80. The number of carboxylic acid groups (broad SMARTS) is 1. The van der Waals surface area contributed by atoms with Crippen LogP contribution < -0.4 is 0 Å². The first-order chi connectivity index (χ1) is 9.56. The van der Waals surface area contributed by atoms with E-state index in [0.717, 1.165) is 42.7 Å². The predicted molar refractivity (Wildman–Crippen MR) is 74.2 cm³/mol. The van der Waals surface area contributed by atoms with Crippen molar-refractivity contribution in [1.82, 2.24) is 9.55 Å². The molecule has 4 saturated carbocycles. The van der Waals surface area contributed by atoms with Gasteiger partial charge in [0.2, 0.25) is 0 Å². The Balaban J connectivity index is 1.74. The molecule has 1 N–H and O–H groups in total. The summed E-state index contributed by atoms with van der Waals surface area (Å²) < 4.78 is 1.87. The molecule has 0 spiro atoms. The standard InChI is InChI=1S/C16H22N2O2/c1-10-8-18(9-17-10)14(15(19)20)16-5-11-2-12(6-16)4-13(3-11)7-16/h8-9,11-14H,2-7H2,1H3,(H,19,20). The zero-order chi connectivity index (χ0) is 13.9. The van der Waals surface area contributed by atoms with Crippen LogP contribution in [0.1, 0.15) is 50.3 Å². The van der Waals surface area contributed by atoms with Crippen LogP contribution in [0, 0.1) is 30.1 Å². The molecule has 4 aliphatic carbocycles. The lowest BCUT2D eigenvalue weighted by molar-refractivity contribution is -0.155. The number of imidazole rings is 1. The molecule has 108 valence electrons. The van der Waals surface area contributed by atoms with Gasteiger partial charge < -0.3 is 9.67 Å². The van der Waals surface area contributed by atoms with E-state index in [-0.39, 0.29) is 5.41 Å². The summed E-state index contributed by atoms with van der Waals surface area (Å²) in [6.07, 6.45) is 11.0. The highest BCUT2D eigenvalue weighted by Gasteiger charge is 2.56. The van der Waals surface area contributed by atoms with Gasteiger partial charge in [0.25, 0.3) is 0 Å². The Kier molecular flexibility index (Phi) is 2.54. The van der Waals surface area contributed by atoms with Crippen LogP contribution >= 0.6 is 0 Å². The van der Waals surface area contributed by atoms with Crippen LogP contribution in [-0.2, 0) is 4.79 Å². The number of aliphatic carboxylic acids is 1. The minimum Gasteiger partial charge on any atom is -0.480 e. The van der Waals surface area contributed by atoms with Crippen molar-refractivity contribution in [1.29, 1.82) is 0 Å². The molecule has 4 nitrogen and oxygen atoms in total. The van der Waals surface area contributed by atoms with E-state index >= 15 is 0 Å². The van der Waals surface area contributed by atoms with E-state index in [0.29, 0.717) is 0 Å². The van der Waals surface area contributed by atoms with Gasteiger partial charge in [-0.2, -0.15) is 0 Å². The first-order valence-electron chi connectivity index (χ1n) is 7.79. The molecule has 0 saturated heterocycles. The van der Waals surface area contributed by atoms with Crippen LogP contribution in [0.3, 0.4) is 0 Å². The summed E-state index contributed by atoms with van der Waals surface area (Å²) in [6.45, 7) is 1.93. The van der Waals surface area contributed by atoms with Crippen LogP contribution in [0.4, 0.5) is 0 Å². The molecule has 0 aliphatic heterocycles. The van der Waals surface area contributed by atoms with Gasteiger partial charge in [-0.25, -0.2) is 9.78 Å². The van der Waals surface area contributed by atoms with Crippen LogP contribution in [0.25, 0.3) is 0 Å². The number of hydrogen-bond acceptors (Lipinski definition) is 2.